The van der Waals surface area contributed by atoms with Crippen molar-refractivity contribution in [3.05, 3.63) is 70.5 Å². The first-order chi connectivity index (χ1) is 12.6. The number of halogens is 1. The van der Waals surface area contributed by atoms with Crippen molar-refractivity contribution in [2.24, 2.45) is 0 Å². The Hall–Kier alpha value is -2.30. The second-order valence-corrected chi connectivity index (χ2v) is 6.22. The highest BCUT2D eigenvalue weighted by Gasteiger charge is 2.35. The van der Waals surface area contributed by atoms with Crippen molar-refractivity contribution in [2.45, 2.75) is 31.3 Å². The van der Waals surface area contributed by atoms with Crippen LogP contribution in [0.25, 0.3) is 0 Å². The van der Waals surface area contributed by atoms with Gasteiger partial charge in [-0.1, -0.05) is 18.2 Å². The van der Waals surface area contributed by atoms with Gasteiger partial charge in [-0.3, -0.25) is 0 Å². The van der Waals surface area contributed by atoms with Crippen molar-refractivity contribution < 1.29 is 24.1 Å². The van der Waals surface area contributed by atoms with Crippen LogP contribution in [0.1, 0.15) is 35.1 Å². The van der Waals surface area contributed by atoms with Crippen molar-refractivity contribution in [3.63, 3.8) is 0 Å². The van der Waals surface area contributed by atoms with Gasteiger partial charge in [-0.2, -0.15) is 5.26 Å². The highest BCUT2D eigenvalue weighted by atomic mass is 19.1. The zero-order chi connectivity index (χ0) is 18.6. The van der Waals surface area contributed by atoms with Gasteiger partial charge in [0.2, 0.25) is 0 Å². The Labute approximate surface area is 151 Å². The Morgan fingerprint density at radius 3 is 2.46 bits per heavy atom. The number of hydrogen-bond acceptors (Lipinski definition) is 5. The van der Waals surface area contributed by atoms with Gasteiger partial charge in [0.15, 0.2) is 6.29 Å². The summed E-state index contributed by atoms with van der Waals surface area (Å²) in [6.45, 7) is 0.696. The van der Waals surface area contributed by atoms with Crippen molar-refractivity contribution in [2.75, 3.05) is 13.2 Å². The van der Waals surface area contributed by atoms with Gasteiger partial charge in [-0.25, -0.2) is 4.39 Å². The van der Waals surface area contributed by atoms with E-state index in [0.29, 0.717) is 41.9 Å². The standard InChI is InChI=1S/C20H20FNO4/c21-17-4-2-16(3-5-17)20(24,8-7-19-25-9-10-26-19)18-6-1-14(12-22)11-15(18)13-23/h1-6,11,19,23-24H,7-10,13H2/t20-/m0/s1. The summed E-state index contributed by atoms with van der Waals surface area (Å²) in [4.78, 5) is 0. The summed E-state index contributed by atoms with van der Waals surface area (Å²) >= 11 is 0. The van der Waals surface area contributed by atoms with E-state index in [9.17, 15) is 14.6 Å². The molecule has 2 aromatic rings. The number of aliphatic hydroxyl groups excluding tert-OH is 1. The average molecular weight is 357 g/mol. The Morgan fingerprint density at radius 1 is 1.15 bits per heavy atom. The first-order valence-electron chi connectivity index (χ1n) is 8.43. The Morgan fingerprint density at radius 2 is 1.85 bits per heavy atom. The lowest BCUT2D eigenvalue weighted by Crippen LogP contribution is -2.30. The molecule has 0 amide bonds. The van der Waals surface area contributed by atoms with E-state index < -0.39 is 17.7 Å². The van der Waals surface area contributed by atoms with Crippen LogP contribution >= 0.6 is 0 Å². The third-order valence-corrected chi connectivity index (χ3v) is 4.60. The minimum Gasteiger partial charge on any atom is -0.392 e. The van der Waals surface area contributed by atoms with E-state index in [0.717, 1.165) is 0 Å². The minimum atomic E-state index is -1.48. The first kappa shape index (κ1) is 18.5. The number of ether oxygens (including phenoxy) is 2. The molecule has 136 valence electrons. The van der Waals surface area contributed by atoms with Crippen LogP contribution in [0.15, 0.2) is 42.5 Å². The molecule has 1 saturated heterocycles. The van der Waals surface area contributed by atoms with Gasteiger partial charge < -0.3 is 19.7 Å². The van der Waals surface area contributed by atoms with Gasteiger partial charge in [-0.15, -0.1) is 0 Å². The fourth-order valence-corrected chi connectivity index (χ4v) is 3.26. The van der Waals surface area contributed by atoms with Gasteiger partial charge in [0.1, 0.15) is 11.4 Å². The number of aliphatic hydroxyl groups is 2. The van der Waals surface area contributed by atoms with Crippen molar-refractivity contribution >= 4 is 0 Å². The zero-order valence-electron chi connectivity index (χ0n) is 14.2. The van der Waals surface area contributed by atoms with Crippen LogP contribution in [0.4, 0.5) is 4.39 Å². The van der Waals surface area contributed by atoms with E-state index in [4.69, 9.17) is 14.7 Å². The van der Waals surface area contributed by atoms with Crippen LogP contribution in [0, 0.1) is 17.1 Å². The van der Waals surface area contributed by atoms with E-state index >= 15 is 0 Å². The summed E-state index contributed by atoms with van der Waals surface area (Å²) in [7, 11) is 0. The number of nitrogens with zero attached hydrogens (tertiary/aromatic N) is 1. The molecular formula is C20H20FNO4. The topological polar surface area (TPSA) is 82.7 Å². The summed E-state index contributed by atoms with van der Waals surface area (Å²) in [5.41, 5.74) is 0.334. The van der Waals surface area contributed by atoms with Crippen molar-refractivity contribution in [1.82, 2.24) is 0 Å². The summed E-state index contributed by atoms with van der Waals surface area (Å²) in [6.07, 6.45) is 0.277. The highest BCUT2D eigenvalue weighted by Crippen LogP contribution is 2.37. The van der Waals surface area contributed by atoms with Gasteiger partial charge >= 0.3 is 0 Å². The fraction of sp³-hybridized carbons (Fsp3) is 0.350. The SMILES string of the molecule is N#Cc1ccc([C@](O)(CCC2OCCO2)c2ccc(F)cc2)c(CO)c1. The summed E-state index contributed by atoms with van der Waals surface area (Å²) in [5, 5.41) is 30.4. The summed E-state index contributed by atoms with van der Waals surface area (Å²) in [5.74, 6) is -0.402. The van der Waals surface area contributed by atoms with E-state index in [-0.39, 0.29) is 13.0 Å². The van der Waals surface area contributed by atoms with E-state index in [1.54, 1.807) is 18.2 Å². The quantitative estimate of drug-likeness (QED) is 0.830. The predicted molar refractivity (Wildman–Crippen MR) is 91.4 cm³/mol. The van der Waals surface area contributed by atoms with Crippen LogP contribution in [-0.4, -0.2) is 29.7 Å². The minimum absolute atomic E-state index is 0.252. The summed E-state index contributed by atoms with van der Waals surface area (Å²) in [6, 6.07) is 12.4. The van der Waals surface area contributed by atoms with Crippen LogP contribution in [0.2, 0.25) is 0 Å². The maximum Gasteiger partial charge on any atom is 0.157 e. The normalized spacial score (nSPS) is 17.0. The van der Waals surface area contributed by atoms with Gasteiger partial charge in [-0.05, 0) is 47.4 Å². The molecule has 6 heteroatoms. The van der Waals surface area contributed by atoms with Crippen LogP contribution < -0.4 is 0 Å². The second kappa shape index (κ2) is 7.94. The smallest absolute Gasteiger partial charge is 0.157 e. The summed E-state index contributed by atoms with van der Waals surface area (Å²) < 4.78 is 24.2. The largest absolute Gasteiger partial charge is 0.392 e. The molecule has 5 nitrogen and oxygen atoms in total. The first-order valence-corrected chi connectivity index (χ1v) is 8.43. The monoisotopic (exact) mass is 357 g/mol. The molecule has 2 N–H and O–H groups in total. The Kier molecular flexibility index (Phi) is 5.64. The lowest BCUT2D eigenvalue weighted by atomic mass is 9.80. The van der Waals surface area contributed by atoms with Gasteiger partial charge in [0, 0.05) is 6.42 Å². The number of nitriles is 1. The number of hydrogen-bond donors (Lipinski definition) is 2. The molecule has 0 radical (unpaired) electrons. The van der Waals surface area contributed by atoms with Crippen LogP contribution in [0.5, 0.6) is 0 Å². The lowest BCUT2D eigenvalue weighted by molar-refractivity contribution is -0.0623. The molecule has 26 heavy (non-hydrogen) atoms. The molecule has 1 aliphatic heterocycles. The third kappa shape index (κ3) is 3.76. The maximum absolute atomic E-state index is 13.4. The predicted octanol–water partition coefficient (Wildman–Crippen LogP) is 2.58. The zero-order valence-corrected chi connectivity index (χ0v) is 14.2. The van der Waals surface area contributed by atoms with E-state index in [2.05, 4.69) is 0 Å². The molecule has 0 aliphatic carbocycles. The van der Waals surface area contributed by atoms with Gasteiger partial charge in [0.05, 0.1) is 31.5 Å². The van der Waals surface area contributed by atoms with Crippen molar-refractivity contribution in [1.29, 1.82) is 5.26 Å². The van der Waals surface area contributed by atoms with Crippen LogP contribution in [0.3, 0.4) is 0 Å². The molecule has 0 saturated carbocycles. The van der Waals surface area contributed by atoms with E-state index in [1.807, 2.05) is 6.07 Å². The maximum atomic E-state index is 13.4. The van der Waals surface area contributed by atoms with E-state index in [1.165, 1.54) is 24.3 Å². The number of rotatable bonds is 6. The molecule has 3 rings (SSSR count). The molecule has 0 spiro atoms. The lowest BCUT2D eigenvalue weighted by Gasteiger charge is -2.32. The third-order valence-electron chi connectivity index (χ3n) is 4.60. The Bertz CT molecular complexity index is 796. The van der Waals surface area contributed by atoms with Crippen LogP contribution in [-0.2, 0) is 21.7 Å². The molecule has 0 aromatic heterocycles. The molecule has 1 heterocycles. The number of benzene rings is 2. The molecule has 0 unspecified atom stereocenters. The molecule has 0 bridgehead atoms. The highest BCUT2D eigenvalue weighted by molar-refractivity contribution is 5.45. The Balaban J connectivity index is 2.02. The van der Waals surface area contributed by atoms with Gasteiger partial charge in [0.25, 0.3) is 0 Å². The molecular weight excluding hydrogens is 337 g/mol. The molecule has 1 atom stereocenters. The average Bonchev–Trinajstić information content (AvgIpc) is 3.19. The second-order valence-electron chi connectivity index (χ2n) is 6.22. The molecule has 2 aromatic carbocycles. The van der Waals surface area contributed by atoms with Crippen molar-refractivity contribution in [3.8, 4) is 6.07 Å². The molecule has 1 aliphatic rings. The molecule has 1 fully saturated rings. The fourth-order valence-electron chi connectivity index (χ4n) is 3.26.